The molecule has 92 valence electrons. The largest absolute Gasteiger partial charge is 0.324 e. The molecule has 3 nitrogen and oxygen atoms in total. The molecule has 17 heavy (non-hydrogen) atoms. The maximum Gasteiger partial charge on any atom is 0.245 e. The predicted molar refractivity (Wildman–Crippen MR) is 73.6 cm³/mol. The van der Waals surface area contributed by atoms with Crippen LogP contribution in [0.25, 0.3) is 0 Å². The Kier molecular flexibility index (Phi) is 3.48. The average Bonchev–Trinajstić information content (AvgIpc) is 3.07. The summed E-state index contributed by atoms with van der Waals surface area (Å²) >= 11 is 3.71. The molecular weight excluding hydrogens is 304 g/mol. The average molecular weight is 318 g/mol. The molecule has 0 bridgehead atoms. The molecule has 0 aromatic heterocycles. The molecule has 0 radical (unpaired) electrons. The predicted octanol–water partition coefficient (Wildman–Crippen LogP) is 2.91. The van der Waals surface area contributed by atoms with Crippen molar-refractivity contribution in [3.63, 3.8) is 0 Å². The number of hydrogen-bond donors (Lipinski definition) is 2. The topological polar surface area (TPSA) is 55.1 Å². The van der Waals surface area contributed by atoms with E-state index in [-0.39, 0.29) is 18.3 Å². The molecule has 3 N–H and O–H groups in total. The fraction of sp³-hybridized carbons (Fsp3) is 0.417. The number of amides is 1. The Hall–Kier alpha value is -0.580. The lowest BCUT2D eigenvalue weighted by atomic mass is 10.0. The van der Waals surface area contributed by atoms with E-state index < -0.39 is 6.04 Å². The summed E-state index contributed by atoms with van der Waals surface area (Å²) in [5, 5.41) is 2.78. The SMILES string of the molecule is Cl.NC1C(=O)Nc2ccc(C(Br)C3CC3)cc21. The van der Waals surface area contributed by atoms with Crippen LogP contribution >= 0.6 is 28.3 Å². The summed E-state index contributed by atoms with van der Waals surface area (Å²) in [4.78, 5) is 11.8. The third kappa shape index (κ3) is 2.21. The molecule has 1 aromatic carbocycles. The number of carbonyl (C=O) groups excluding carboxylic acids is 1. The molecule has 3 rings (SSSR count). The number of carbonyl (C=O) groups is 1. The molecule has 1 heterocycles. The van der Waals surface area contributed by atoms with Gasteiger partial charge in [0.1, 0.15) is 6.04 Å². The summed E-state index contributed by atoms with van der Waals surface area (Å²) in [7, 11) is 0. The maximum absolute atomic E-state index is 11.4. The number of fused-ring (bicyclic) bond motifs is 1. The summed E-state index contributed by atoms with van der Waals surface area (Å²) in [6.07, 6.45) is 2.58. The van der Waals surface area contributed by atoms with Crippen molar-refractivity contribution in [2.75, 3.05) is 5.32 Å². The van der Waals surface area contributed by atoms with Gasteiger partial charge in [0, 0.05) is 16.1 Å². The second-order valence-electron chi connectivity index (χ2n) is 4.55. The van der Waals surface area contributed by atoms with Crippen molar-refractivity contribution >= 4 is 39.9 Å². The van der Waals surface area contributed by atoms with Crippen LogP contribution in [0.4, 0.5) is 5.69 Å². The van der Waals surface area contributed by atoms with Crippen molar-refractivity contribution in [2.45, 2.75) is 23.7 Å². The number of anilines is 1. The maximum atomic E-state index is 11.4. The van der Waals surface area contributed by atoms with E-state index in [0.717, 1.165) is 17.2 Å². The van der Waals surface area contributed by atoms with Crippen molar-refractivity contribution < 1.29 is 4.79 Å². The van der Waals surface area contributed by atoms with Crippen LogP contribution in [0.2, 0.25) is 0 Å². The van der Waals surface area contributed by atoms with E-state index in [4.69, 9.17) is 5.73 Å². The fourth-order valence-electron chi connectivity index (χ4n) is 2.14. The summed E-state index contributed by atoms with van der Waals surface area (Å²) in [5.74, 6) is 0.643. The Bertz CT molecular complexity index is 462. The van der Waals surface area contributed by atoms with Gasteiger partial charge >= 0.3 is 0 Å². The van der Waals surface area contributed by atoms with E-state index in [1.807, 2.05) is 6.07 Å². The van der Waals surface area contributed by atoms with Crippen LogP contribution in [0, 0.1) is 5.92 Å². The van der Waals surface area contributed by atoms with Crippen molar-refractivity contribution in [3.05, 3.63) is 29.3 Å². The first-order valence-electron chi connectivity index (χ1n) is 5.51. The minimum absolute atomic E-state index is 0. The molecule has 2 aliphatic rings. The number of halogens is 2. The molecule has 1 aliphatic carbocycles. The molecule has 1 saturated carbocycles. The fourth-order valence-corrected chi connectivity index (χ4v) is 2.95. The monoisotopic (exact) mass is 316 g/mol. The van der Waals surface area contributed by atoms with Crippen molar-refractivity contribution in [1.82, 2.24) is 0 Å². The summed E-state index contributed by atoms with van der Waals surface area (Å²) < 4.78 is 0. The molecule has 0 spiro atoms. The van der Waals surface area contributed by atoms with Gasteiger partial charge in [-0.1, -0.05) is 28.1 Å². The first kappa shape index (κ1) is 12.9. The Labute approximate surface area is 115 Å². The van der Waals surface area contributed by atoms with E-state index in [9.17, 15) is 4.79 Å². The summed E-state index contributed by atoms with van der Waals surface area (Å²) in [6.45, 7) is 0. The third-order valence-electron chi connectivity index (χ3n) is 3.31. The standard InChI is InChI=1S/C12H13BrN2O.ClH/c13-10(6-1-2-6)7-3-4-9-8(5-7)11(14)12(16)15-9;/h3-6,10-11H,1-2,14H2,(H,15,16);1H. The van der Waals surface area contributed by atoms with Gasteiger partial charge in [-0.3, -0.25) is 4.79 Å². The minimum atomic E-state index is -0.506. The third-order valence-corrected chi connectivity index (χ3v) is 4.58. The van der Waals surface area contributed by atoms with E-state index in [1.54, 1.807) is 0 Å². The molecule has 5 heteroatoms. The second kappa shape index (κ2) is 4.59. The number of benzene rings is 1. The van der Waals surface area contributed by atoms with Crippen LogP contribution in [0.15, 0.2) is 18.2 Å². The molecule has 1 aromatic rings. The van der Waals surface area contributed by atoms with Crippen LogP contribution < -0.4 is 11.1 Å². The summed E-state index contributed by atoms with van der Waals surface area (Å²) in [6, 6.07) is 5.56. The highest BCUT2D eigenvalue weighted by Gasteiger charge is 2.32. The van der Waals surface area contributed by atoms with Gasteiger partial charge in [0.05, 0.1) is 0 Å². The van der Waals surface area contributed by atoms with Crippen LogP contribution in [0.3, 0.4) is 0 Å². The van der Waals surface area contributed by atoms with Gasteiger partial charge in [0.15, 0.2) is 0 Å². The minimum Gasteiger partial charge on any atom is -0.324 e. The molecule has 1 amide bonds. The lowest BCUT2D eigenvalue weighted by Gasteiger charge is -2.11. The Morgan fingerprint density at radius 2 is 2.12 bits per heavy atom. The van der Waals surface area contributed by atoms with E-state index in [2.05, 4.69) is 33.4 Å². The Morgan fingerprint density at radius 3 is 2.76 bits per heavy atom. The van der Waals surface area contributed by atoms with E-state index in [1.165, 1.54) is 18.4 Å². The number of rotatable bonds is 2. The van der Waals surface area contributed by atoms with Crippen molar-refractivity contribution in [3.8, 4) is 0 Å². The van der Waals surface area contributed by atoms with Gasteiger partial charge in [-0.25, -0.2) is 0 Å². The van der Waals surface area contributed by atoms with Crippen LogP contribution in [0.1, 0.15) is 34.8 Å². The molecule has 1 fully saturated rings. The molecule has 0 saturated heterocycles. The van der Waals surface area contributed by atoms with Crippen molar-refractivity contribution in [2.24, 2.45) is 11.7 Å². The lowest BCUT2D eigenvalue weighted by Crippen LogP contribution is -2.19. The van der Waals surface area contributed by atoms with Gasteiger partial charge in [-0.2, -0.15) is 0 Å². The second-order valence-corrected chi connectivity index (χ2v) is 5.54. The first-order chi connectivity index (χ1) is 7.66. The van der Waals surface area contributed by atoms with Gasteiger partial charge in [0.2, 0.25) is 5.91 Å². The van der Waals surface area contributed by atoms with Gasteiger partial charge in [-0.15, -0.1) is 12.4 Å². The van der Waals surface area contributed by atoms with Crippen LogP contribution in [-0.4, -0.2) is 5.91 Å². The first-order valence-corrected chi connectivity index (χ1v) is 6.43. The van der Waals surface area contributed by atoms with Crippen LogP contribution in [0.5, 0.6) is 0 Å². The number of nitrogens with one attached hydrogen (secondary N) is 1. The Balaban J connectivity index is 0.00000108. The molecular formula is C12H14BrClN2O. The molecule has 2 atom stereocenters. The number of nitrogens with two attached hydrogens (primary N) is 1. The highest BCUT2D eigenvalue weighted by atomic mass is 79.9. The molecule has 1 aliphatic heterocycles. The highest BCUT2D eigenvalue weighted by Crippen LogP contribution is 2.47. The highest BCUT2D eigenvalue weighted by molar-refractivity contribution is 9.09. The number of alkyl halides is 1. The quantitative estimate of drug-likeness (QED) is 0.824. The lowest BCUT2D eigenvalue weighted by molar-refractivity contribution is -0.116. The zero-order valence-corrected chi connectivity index (χ0v) is 11.6. The van der Waals surface area contributed by atoms with Crippen molar-refractivity contribution in [1.29, 1.82) is 0 Å². The Morgan fingerprint density at radius 1 is 1.41 bits per heavy atom. The summed E-state index contributed by atoms with van der Waals surface area (Å²) in [5.41, 5.74) is 8.83. The van der Waals surface area contributed by atoms with Gasteiger partial charge < -0.3 is 11.1 Å². The van der Waals surface area contributed by atoms with Gasteiger partial charge in [-0.05, 0) is 30.4 Å². The van der Waals surface area contributed by atoms with E-state index >= 15 is 0 Å². The zero-order chi connectivity index (χ0) is 11.3. The zero-order valence-electron chi connectivity index (χ0n) is 9.15. The molecule has 2 unspecified atom stereocenters. The van der Waals surface area contributed by atoms with Crippen LogP contribution in [-0.2, 0) is 4.79 Å². The van der Waals surface area contributed by atoms with E-state index in [0.29, 0.717) is 4.83 Å². The smallest absolute Gasteiger partial charge is 0.245 e. The normalized spacial score (nSPS) is 23.6. The van der Waals surface area contributed by atoms with Gasteiger partial charge in [0.25, 0.3) is 0 Å². The number of hydrogen-bond acceptors (Lipinski definition) is 2.